The molecule has 1 aliphatic rings. The van der Waals surface area contributed by atoms with E-state index in [4.69, 9.17) is 14.2 Å². The molecule has 0 radical (unpaired) electrons. The molecule has 2 N–H and O–H groups in total. The Morgan fingerprint density at radius 2 is 2.04 bits per heavy atom. The van der Waals surface area contributed by atoms with Crippen molar-refractivity contribution in [1.29, 1.82) is 0 Å². The average Bonchev–Trinajstić information content (AvgIpc) is 3.43. The second kappa shape index (κ2) is 8.89. The van der Waals surface area contributed by atoms with Crippen LogP contribution in [-0.4, -0.2) is 43.8 Å². The summed E-state index contributed by atoms with van der Waals surface area (Å²) in [5.74, 6) is -0.619. The molecule has 1 unspecified atom stereocenters. The minimum absolute atomic E-state index is 0.120. The summed E-state index contributed by atoms with van der Waals surface area (Å²) in [7, 11) is 1.44. The van der Waals surface area contributed by atoms with E-state index in [2.05, 4.69) is 17.2 Å². The zero-order valence-electron chi connectivity index (χ0n) is 14.7. The number of ether oxygens (including phenoxy) is 3. The summed E-state index contributed by atoms with van der Waals surface area (Å²) in [6.45, 7) is 5.24. The van der Waals surface area contributed by atoms with E-state index in [9.17, 15) is 14.4 Å². The van der Waals surface area contributed by atoms with Crippen molar-refractivity contribution in [2.45, 2.75) is 31.9 Å². The standard InChI is InChI=1S/C18H22N2O6/c1-4-9-25-14-8-5-12(10-15(14)24-3)17(22)26-11(2)16(21)20-18(23)19-13-6-7-13/h4-5,8,10-11,13H,1,6-7,9H2,2-3H3,(H2,19,20,21,23). The molecule has 8 nitrogen and oxygen atoms in total. The lowest BCUT2D eigenvalue weighted by molar-refractivity contribution is -0.127. The van der Waals surface area contributed by atoms with Gasteiger partial charge in [0.05, 0.1) is 12.7 Å². The Bertz CT molecular complexity index is 699. The largest absolute Gasteiger partial charge is 0.493 e. The topological polar surface area (TPSA) is 103 Å². The summed E-state index contributed by atoms with van der Waals surface area (Å²) in [6.07, 6.45) is 2.26. The van der Waals surface area contributed by atoms with Gasteiger partial charge in [0.15, 0.2) is 17.6 Å². The van der Waals surface area contributed by atoms with Gasteiger partial charge >= 0.3 is 12.0 Å². The number of urea groups is 1. The summed E-state index contributed by atoms with van der Waals surface area (Å²) in [4.78, 5) is 35.7. The monoisotopic (exact) mass is 362 g/mol. The van der Waals surface area contributed by atoms with Gasteiger partial charge in [0, 0.05) is 6.04 Å². The Morgan fingerprint density at radius 3 is 2.65 bits per heavy atom. The number of nitrogens with one attached hydrogen (secondary N) is 2. The smallest absolute Gasteiger partial charge is 0.339 e. The first-order valence-corrected chi connectivity index (χ1v) is 8.18. The zero-order chi connectivity index (χ0) is 19.1. The Kier molecular flexibility index (Phi) is 6.60. The number of carbonyl (C=O) groups is 3. The first kappa shape index (κ1) is 19.3. The van der Waals surface area contributed by atoms with Gasteiger partial charge in [-0.25, -0.2) is 9.59 Å². The highest BCUT2D eigenvalue weighted by molar-refractivity contribution is 5.98. The number of hydrogen-bond donors (Lipinski definition) is 2. The molecule has 1 aromatic carbocycles. The van der Waals surface area contributed by atoms with Gasteiger partial charge in [-0.3, -0.25) is 10.1 Å². The van der Waals surface area contributed by atoms with Crippen molar-refractivity contribution < 1.29 is 28.6 Å². The van der Waals surface area contributed by atoms with Crippen molar-refractivity contribution in [3.05, 3.63) is 36.4 Å². The summed E-state index contributed by atoms with van der Waals surface area (Å²) in [5, 5.41) is 4.76. The molecule has 0 aromatic heterocycles. The molecule has 1 saturated carbocycles. The molecule has 0 spiro atoms. The van der Waals surface area contributed by atoms with Crippen LogP contribution in [0.15, 0.2) is 30.9 Å². The fraction of sp³-hybridized carbons (Fsp3) is 0.389. The van der Waals surface area contributed by atoms with E-state index in [1.54, 1.807) is 12.1 Å². The van der Waals surface area contributed by atoms with Gasteiger partial charge in [0.1, 0.15) is 6.61 Å². The lowest BCUT2D eigenvalue weighted by atomic mass is 10.2. The minimum atomic E-state index is -1.13. The van der Waals surface area contributed by atoms with E-state index < -0.39 is 24.0 Å². The normalized spacial score (nSPS) is 13.9. The molecule has 0 aliphatic heterocycles. The van der Waals surface area contributed by atoms with Crippen LogP contribution in [0.3, 0.4) is 0 Å². The maximum Gasteiger partial charge on any atom is 0.339 e. The van der Waals surface area contributed by atoms with Crippen molar-refractivity contribution in [3.63, 3.8) is 0 Å². The second-order valence-electron chi connectivity index (χ2n) is 5.75. The summed E-state index contributed by atoms with van der Waals surface area (Å²) >= 11 is 0. The second-order valence-corrected chi connectivity index (χ2v) is 5.75. The summed E-state index contributed by atoms with van der Waals surface area (Å²) in [6, 6.07) is 4.03. The van der Waals surface area contributed by atoms with Gasteiger partial charge < -0.3 is 19.5 Å². The fourth-order valence-corrected chi connectivity index (χ4v) is 2.01. The zero-order valence-corrected chi connectivity index (χ0v) is 14.7. The van der Waals surface area contributed by atoms with Crippen LogP contribution in [0.1, 0.15) is 30.1 Å². The molecule has 1 aromatic rings. The van der Waals surface area contributed by atoms with Gasteiger partial charge in [-0.2, -0.15) is 0 Å². The first-order chi connectivity index (χ1) is 12.4. The highest BCUT2D eigenvalue weighted by Crippen LogP contribution is 2.28. The van der Waals surface area contributed by atoms with E-state index in [0.717, 1.165) is 12.8 Å². The predicted octanol–water partition coefficient (Wildman–Crippen LogP) is 1.79. The van der Waals surface area contributed by atoms with Crippen LogP contribution in [0.4, 0.5) is 4.79 Å². The van der Waals surface area contributed by atoms with E-state index in [1.807, 2.05) is 0 Å². The van der Waals surface area contributed by atoms with Crippen molar-refractivity contribution in [2.75, 3.05) is 13.7 Å². The van der Waals surface area contributed by atoms with Crippen molar-refractivity contribution in [2.24, 2.45) is 0 Å². The molecular formula is C18H22N2O6. The Labute approximate surface area is 151 Å². The van der Waals surface area contributed by atoms with Crippen molar-refractivity contribution in [1.82, 2.24) is 10.6 Å². The fourth-order valence-electron chi connectivity index (χ4n) is 2.01. The number of esters is 1. The van der Waals surface area contributed by atoms with Crippen LogP contribution < -0.4 is 20.1 Å². The number of hydrogen-bond acceptors (Lipinski definition) is 6. The highest BCUT2D eigenvalue weighted by atomic mass is 16.5. The molecule has 0 saturated heterocycles. The number of carbonyl (C=O) groups excluding carboxylic acids is 3. The highest BCUT2D eigenvalue weighted by Gasteiger charge is 2.26. The van der Waals surface area contributed by atoms with E-state index >= 15 is 0 Å². The molecule has 26 heavy (non-hydrogen) atoms. The van der Waals surface area contributed by atoms with Crippen molar-refractivity contribution in [3.8, 4) is 11.5 Å². The number of imide groups is 1. The lowest BCUT2D eigenvalue weighted by Gasteiger charge is -2.14. The molecular weight excluding hydrogens is 340 g/mol. The molecule has 140 valence electrons. The summed E-state index contributed by atoms with van der Waals surface area (Å²) < 4.78 is 15.7. The van der Waals surface area contributed by atoms with Gasteiger partial charge in [0.2, 0.25) is 0 Å². The first-order valence-electron chi connectivity index (χ1n) is 8.18. The van der Waals surface area contributed by atoms with Crippen molar-refractivity contribution >= 4 is 17.9 Å². The van der Waals surface area contributed by atoms with Crippen LogP contribution in [0, 0.1) is 0 Å². The third-order valence-corrected chi connectivity index (χ3v) is 3.56. The van der Waals surface area contributed by atoms with Gasteiger partial charge in [-0.05, 0) is 38.0 Å². The molecule has 2 rings (SSSR count). The third-order valence-electron chi connectivity index (χ3n) is 3.56. The molecule has 3 amide bonds. The summed E-state index contributed by atoms with van der Waals surface area (Å²) in [5.41, 5.74) is 0.190. The Balaban J connectivity index is 1.93. The van der Waals surface area contributed by atoms with Crippen LogP contribution >= 0.6 is 0 Å². The van der Waals surface area contributed by atoms with Gasteiger partial charge in [-0.15, -0.1) is 0 Å². The average molecular weight is 362 g/mol. The predicted molar refractivity (Wildman–Crippen MR) is 93.3 cm³/mol. The van der Waals surface area contributed by atoms with Crippen LogP contribution in [0.25, 0.3) is 0 Å². The van der Waals surface area contributed by atoms with Crippen LogP contribution in [-0.2, 0) is 9.53 Å². The SMILES string of the molecule is C=CCOc1ccc(C(=O)OC(C)C(=O)NC(=O)NC2CC2)cc1OC. The van der Waals surface area contributed by atoms with Crippen LogP contribution in [0.2, 0.25) is 0 Å². The van der Waals surface area contributed by atoms with Gasteiger partial charge in [-0.1, -0.05) is 12.7 Å². The minimum Gasteiger partial charge on any atom is -0.493 e. The number of rotatable bonds is 8. The lowest BCUT2D eigenvalue weighted by Crippen LogP contribution is -2.45. The molecule has 1 atom stereocenters. The van der Waals surface area contributed by atoms with Gasteiger partial charge in [0.25, 0.3) is 5.91 Å². The number of methoxy groups -OCH3 is 1. The molecule has 0 bridgehead atoms. The molecule has 1 aliphatic carbocycles. The Hall–Kier alpha value is -3.03. The Morgan fingerprint density at radius 1 is 1.31 bits per heavy atom. The van der Waals surface area contributed by atoms with E-state index in [0.29, 0.717) is 18.1 Å². The molecule has 8 heteroatoms. The van der Waals surface area contributed by atoms with Crippen LogP contribution in [0.5, 0.6) is 11.5 Å². The number of amides is 3. The quantitative estimate of drug-likeness (QED) is 0.540. The third kappa shape index (κ3) is 5.51. The van der Waals surface area contributed by atoms with E-state index in [-0.39, 0.29) is 11.6 Å². The number of benzene rings is 1. The molecule has 1 fully saturated rings. The maximum atomic E-state index is 12.2. The maximum absolute atomic E-state index is 12.2. The molecule has 0 heterocycles. The van der Waals surface area contributed by atoms with E-state index in [1.165, 1.54) is 26.2 Å².